The molecule has 1 aliphatic rings. The van der Waals surface area contributed by atoms with Gasteiger partial charge in [-0.05, 0) is 18.4 Å². The molecule has 0 unspecified atom stereocenters. The van der Waals surface area contributed by atoms with E-state index < -0.39 is 6.04 Å². The fourth-order valence-electron chi connectivity index (χ4n) is 3.13. The van der Waals surface area contributed by atoms with E-state index in [0.29, 0.717) is 19.5 Å². The lowest BCUT2D eigenvalue weighted by atomic mass is 9.94. The number of fused-ring (bicyclic) bond motifs is 1. The fourth-order valence-corrected chi connectivity index (χ4v) is 3.13. The molecule has 0 aliphatic carbocycles. The van der Waals surface area contributed by atoms with E-state index in [2.05, 4.69) is 21.0 Å². The summed E-state index contributed by atoms with van der Waals surface area (Å²) in [6.07, 6.45) is 1.51. The minimum absolute atomic E-state index is 0.111. The van der Waals surface area contributed by atoms with Gasteiger partial charge in [0.1, 0.15) is 6.04 Å². The third-order valence-corrected chi connectivity index (χ3v) is 4.52. The predicted molar refractivity (Wildman–Crippen MR) is 91.5 cm³/mol. The maximum atomic E-state index is 12.0. The molecule has 7 nitrogen and oxygen atoms in total. The molecule has 2 atom stereocenters. The molecule has 0 spiro atoms. The molecule has 1 fully saturated rings. The van der Waals surface area contributed by atoms with Gasteiger partial charge in [0.05, 0.1) is 11.2 Å². The number of benzene rings is 1. The summed E-state index contributed by atoms with van der Waals surface area (Å²) in [7, 11) is 1.91. The van der Waals surface area contributed by atoms with Gasteiger partial charge in [-0.15, -0.1) is 0 Å². The van der Waals surface area contributed by atoms with Gasteiger partial charge in [0.25, 0.3) is 0 Å². The van der Waals surface area contributed by atoms with E-state index in [9.17, 15) is 9.59 Å². The lowest BCUT2D eigenvalue weighted by molar-refractivity contribution is -0.125. The number of piperidine rings is 1. The van der Waals surface area contributed by atoms with Gasteiger partial charge in [-0.2, -0.15) is 5.10 Å². The van der Waals surface area contributed by atoms with Crippen molar-refractivity contribution in [1.29, 1.82) is 0 Å². The SMILES string of the molecule is C[C@@H]1CCNC(=O)[C@H]1NC(=O)NCCc1nn(C)c2ccccc12. The molecule has 2 aromatic rings. The number of aryl methyl sites for hydroxylation is 1. The molecule has 1 aromatic carbocycles. The standard InChI is InChI=1S/C17H23N5O2/c1-11-7-9-18-16(23)15(11)20-17(24)19-10-8-13-12-5-3-4-6-14(12)22(2)21-13/h3-6,11,15H,7-10H2,1-2H3,(H,18,23)(H2,19,20,24)/t11-,15+/m1/s1. The van der Waals surface area contributed by atoms with Gasteiger partial charge in [0.2, 0.25) is 5.91 Å². The highest BCUT2D eigenvalue weighted by Gasteiger charge is 2.29. The zero-order valence-corrected chi connectivity index (χ0v) is 14.0. The summed E-state index contributed by atoms with van der Waals surface area (Å²) in [6, 6.07) is 7.24. The molecule has 3 rings (SSSR count). The zero-order valence-electron chi connectivity index (χ0n) is 14.0. The molecule has 0 saturated carbocycles. The first-order valence-corrected chi connectivity index (χ1v) is 8.29. The number of amides is 3. The second-order valence-corrected chi connectivity index (χ2v) is 6.27. The summed E-state index contributed by atoms with van der Waals surface area (Å²) in [4.78, 5) is 23.9. The molecule has 3 amide bonds. The highest BCUT2D eigenvalue weighted by Crippen LogP contribution is 2.17. The number of aromatic nitrogens is 2. The smallest absolute Gasteiger partial charge is 0.315 e. The topological polar surface area (TPSA) is 88.1 Å². The number of hydrogen-bond acceptors (Lipinski definition) is 3. The molecule has 128 valence electrons. The normalized spacial score (nSPS) is 20.7. The molecule has 7 heteroatoms. The Labute approximate surface area is 140 Å². The Bertz CT molecular complexity index is 755. The van der Waals surface area contributed by atoms with Crippen molar-refractivity contribution in [3.63, 3.8) is 0 Å². The largest absolute Gasteiger partial charge is 0.354 e. The van der Waals surface area contributed by atoms with Crippen LogP contribution in [-0.2, 0) is 18.3 Å². The van der Waals surface area contributed by atoms with E-state index in [1.807, 2.05) is 42.9 Å². The Morgan fingerprint density at radius 3 is 3.00 bits per heavy atom. The van der Waals surface area contributed by atoms with Crippen LogP contribution in [0.1, 0.15) is 19.0 Å². The Morgan fingerprint density at radius 2 is 2.21 bits per heavy atom. The number of carbonyl (C=O) groups is 2. The summed E-state index contributed by atoms with van der Waals surface area (Å²) in [5.74, 6) is 0.0313. The van der Waals surface area contributed by atoms with Crippen molar-refractivity contribution in [3.8, 4) is 0 Å². The van der Waals surface area contributed by atoms with Crippen molar-refractivity contribution in [3.05, 3.63) is 30.0 Å². The van der Waals surface area contributed by atoms with Crippen LogP contribution in [0, 0.1) is 5.92 Å². The molecule has 0 bridgehead atoms. The van der Waals surface area contributed by atoms with Crippen LogP contribution in [-0.4, -0.2) is 40.9 Å². The third kappa shape index (κ3) is 3.34. The molecule has 0 radical (unpaired) electrons. The number of para-hydroxylation sites is 1. The Balaban J connectivity index is 1.54. The number of carbonyl (C=O) groups excluding carboxylic acids is 2. The third-order valence-electron chi connectivity index (χ3n) is 4.52. The molecule has 24 heavy (non-hydrogen) atoms. The number of hydrogen-bond donors (Lipinski definition) is 3. The fraction of sp³-hybridized carbons (Fsp3) is 0.471. The van der Waals surface area contributed by atoms with Gasteiger partial charge in [0.15, 0.2) is 0 Å². The van der Waals surface area contributed by atoms with Crippen molar-refractivity contribution in [2.24, 2.45) is 13.0 Å². The van der Waals surface area contributed by atoms with Crippen molar-refractivity contribution >= 4 is 22.8 Å². The van der Waals surface area contributed by atoms with Gasteiger partial charge in [0, 0.05) is 31.9 Å². The number of nitrogens with one attached hydrogen (secondary N) is 3. The zero-order chi connectivity index (χ0) is 17.1. The van der Waals surface area contributed by atoms with Gasteiger partial charge >= 0.3 is 6.03 Å². The molecular weight excluding hydrogens is 306 g/mol. The lowest BCUT2D eigenvalue weighted by Gasteiger charge is -2.28. The van der Waals surface area contributed by atoms with E-state index in [1.54, 1.807) is 0 Å². The highest BCUT2D eigenvalue weighted by atomic mass is 16.2. The highest BCUT2D eigenvalue weighted by molar-refractivity contribution is 5.88. The van der Waals surface area contributed by atoms with Crippen LogP contribution in [0.15, 0.2) is 24.3 Å². The quantitative estimate of drug-likeness (QED) is 0.780. The number of rotatable bonds is 4. The van der Waals surface area contributed by atoms with Crippen LogP contribution in [0.5, 0.6) is 0 Å². The summed E-state index contributed by atoms with van der Waals surface area (Å²) >= 11 is 0. The summed E-state index contributed by atoms with van der Waals surface area (Å²) in [6.45, 7) is 3.12. The van der Waals surface area contributed by atoms with Crippen LogP contribution in [0.3, 0.4) is 0 Å². The Hall–Kier alpha value is -2.57. The predicted octanol–water partition coefficient (Wildman–Crippen LogP) is 0.940. The van der Waals surface area contributed by atoms with E-state index >= 15 is 0 Å². The maximum Gasteiger partial charge on any atom is 0.315 e. The van der Waals surface area contributed by atoms with Crippen LogP contribution in [0.25, 0.3) is 10.9 Å². The lowest BCUT2D eigenvalue weighted by Crippen LogP contribution is -2.56. The van der Waals surface area contributed by atoms with Crippen LogP contribution in [0.4, 0.5) is 4.79 Å². The van der Waals surface area contributed by atoms with Gasteiger partial charge < -0.3 is 16.0 Å². The second-order valence-electron chi connectivity index (χ2n) is 6.27. The Kier molecular flexibility index (Phi) is 4.69. The van der Waals surface area contributed by atoms with Crippen LogP contribution in [0.2, 0.25) is 0 Å². The van der Waals surface area contributed by atoms with Crippen molar-refractivity contribution in [1.82, 2.24) is 25.7 Å². The van der Waals surface area contributed by atoms with Gasteiger partial charge in [-0.1, -0.05) is 25.1 Å². The minimum Gasteiger partial charge on any atom is -0.354 e. The van der Waals surface area contributed by atoms with Crippen molar-refractivity contribution in [2.75, 3.05) is 13.1 Å². The molecule has 2 heterocycles. The molecule has 1 aliphatic heterocycles. The molecule has 1 saturated heterocycles. The van der Waals surface area contributed by atoms with E-state index in [-0.39, 0.29) is 17.9 Å². The molecular formula is C17H23N5O2. The molecule has 3 N–H and O–H groups in total. The summed E-state index contributed by atoms with van der Waals surface area (Å²) in [5.41, 5.74) is 2.03. The minimum atomic E-state index is -0.463. The first kappa shape index (κ1) is 16.3. The number of nitrogens with zero attached hydrogens (tertiary/aromatic N) is 2. The second kappa shape index (κ2) is 6.90. The summed E-state index contributed by atoms with van der Waals surface area (Å²) in [5, 5.41) is 14.0. The average Bonchev–Trinajstić information content (AvgIpc) is 2.88. The van der Waals surface area contributed by atoms with Gasteiger partial charge in [-0.25, -0.2) is 4.79 Å². The number of urea groups is 1. The van der Waals surface area contributed by atoms with E-state index in [0.717, 1.165) is 23.0 Å². The first-order valence-electron chi connectivity index (χ1n) is 8.29. The maximum absolute atomic E-state index is 12.0. The van der Waals surface area contributed by atoms with Crippen LogP contribution < -0.4 is 16.0 Å². The van der Waals surface area contributed by atoms with Gasteiger partial charge in [-0.3, -0.25) is 9.48 Å². The van der Waals surface area contributed by atoms with E-state index in [4.69, 9.17) is 0 Å². The van der Waals surface area contributed by atoms with E-state index in [1.165, 1.54) is 0 Å². The monoisotopic (exact) mass is 329 g/mol. The first-order chi connectivity index (χ1) is 11.6. The Morgan fingerprint density at radius 1 is 1.42 bits per heavy atom. The van der Waals surface area contributed by atoms with Crippen molar-refractivity contribution < 1.29 is 9.59 Å². The van der Waals surface area contributed by atoms with Crippen molar-refractivity contribution in [2.45, 2.75) is 25.8 Å². The van der Waals surface area contributed by atoms with Crippen LogP contribution >= 0.6 is 0 Å². The molecule has 1 aromatic heterocycles. The summed E-state index contributed by atoms with van der Waals surface area (Å²) < 4.78 is 1.85. The average molecular weight is 329 g/mol.